The van der Waals surface area contributed by atoms with Gasteiger partial charge in [0, 0.05) is 5.56 Å². The van der Waals surface area contributed by atoms with Gasteiger partial charge in [-0.15, -0.1) is 0 Å². The van der Waals surface area contributed by atoms with E-state index >= 15 is 0 Å². The van der Waals surface area contributed by atoms with Gasteiger partial charge in [-0.1, -0.05) is 0 Å². The molecule has 0 aliphatic rings. The molecule has 2 aromatic carbocycles. The quantitative estimate of drug-likeness (QED) is 0.420. The monoisotopic (exact) mass is 497 g/mol. The molecule has 7 nitrogen and oxygen atoms in total. The first-order valence-corrected chi connectivity index (χ1v) is 9.36. The Morgan fingerprint density at radius 1 is 1.19 bits per heavy atom. The molecule has 0 aliphatic carbocycles. The Kier molecular flexibility index (Phi) is 7.37. The van der Waals surface area contributed by atoms with Gasteiger partial charge in [0.15, 0.2) is 0 Å². The van der Waals surface area contributed by atoms with Crippen LogP contribution in [-0.4, -0.2) is 36.3 Å². The SMILES string of the molecule is COc1ccc(C(=O)NC(C)C(=O)NN=Cc2cc(Br)c(O)c(Br)c2)cc1. The van der Waals surface area contributed by atoms with E-state index in [9.17, 15) is 14.7 Å². The molecule has 1 unspecified atom stereocenters. The highest BCUT2D eigenvalue weighted by Gasteiger charge is 2.16. The summed E-state index contributed by atoms with van der Waals surface area (Å²) in [6, 6.07) is 9.05. The number of amides is 2. The molecule has 0 aliphatic heterocycles. The number of rotatable bonds is 6. The first kappa shape index (κ1) is 20.9. The molecule has 0 radical (unpaired) electrons. The molecule has 9 heteroatoms. The van der Waals surface area contributed by atoms with Crippen LogP contribution in [0.15, 0.2) is 50.4 Å². The lowest BCUT2D eigenvalue weighted by Gasteiger charge is -2.12. The van der Waals surface area contributed by atoms with Crippen LogP contribution in [0.25, 0.3) is 0 Å². The van der Waals surface area contributed by atoms with Gasteiger partial charge >= 0.3 is 0 Å². The van der Waals surface area contributed by atoms with Crippen molar-refractivity contribution in [2.24, 2.45) is 5.10 Å². The third-order valence-electron chi connectivity index (χ3n) is 3.52. The molecule has 2 aromatic rings. The van der Waals surface area contributed by atoms with Crippen LogP contribution in [0.1, 0.15) is 22.8 Å². The number of benzene rings is 2. The Labute approximate surface area is 173 Å². The zero-order valence-electron chi connectivity index (χ0n) is 14.5. The summed E-state index contributed by atoms with van der Waals surface area (Å²) >= 11 is 6.43. The fraction of sp³-hybridized carbons (Fsp3) is 0.167. The van der Waals surface area contributed by atoms with E-state index in [0.29, 0.717) is 25.8 Å². The Hall–Kier alpha value is -2.39. The number of aromatic hydroxyl groups is 1. The zero-order valence-corrected chi connectivity index (χ0v) is 17.7. The van der Waals surface area contributed by atoms with E-state index in [1.54, 1.807) is 43.3 Å². The molecule has 0 bridgehead atoms. The van der Waals surface area contributed by atoms with E-state index in [2.05, 4.69) is 47.7 Å². The molecule has 0 aromatic heterocycles. The van der Waals surface area contributed by atoms with E-state index < -0.39 is 11.9 Å². The van der Waals surface area contributed by atoms with Crippen molar-refractivity contribution in [2.45, 2.75) is 13.0 Å². The maximum atomic E-state index is 12.2. The predicted molar refractivity (Wildman–Crippen MR) is 109 cm³/mol. The molecule has 27 heavy (non-hydrogen) atoms. The van der Waals surface area contributed by atoms with E-state index in [0.717, 1.165) is 0 Å². The van der Waals surface area contributed by atoms with Crippen LogP contribution in [0.5, 0.6) is 11.5 Å². The van der Waals surface area contributed by atoms with Crippen molar-refractivity contribution in [1.82, 2.24) is 10.7 Å². The van der Waals surface area contributed by atoms with Crippen molar-refractivity contribution in [3.8, 4) is 11.5 Å². The number of phenolic OH excluding ortho intramolecular Hbond substituents is 1. The number of ether oxygens (including phenoxy) is 1. The highest BCUT2D eigenvalue weighted by Crippen LogP contribution is 2.32. The lowest BCUT2D eigenvalue weighted by atomic mass is 10.2. The van der Waals surface area contributed by atoms with E-state index in [1.165, 1.54) is 13.3 Å². The number of carbonyl (C=O) groups excluding carboxylic acids is 2. The summed E-state index contributed by atoms with van der Waals surface area (Å²) in [7, 11) is 1.54. The van der Waals surface area contributed by atoms with Gasteiger partial charge in [-0.05, 0) is 80.7 Å². The Morgan fingerprint density at radius 3 is 2.33 bits per heavy atom. The molecule has 3 N–H and O–H groups in total. The van der Waals surface area contributed by atoms with E-state index in [1.807, 2.05) is 0 Å². The smallest absolute Gasteiger partial charge is 0.262 e. The predicted octanol–water partition coefficient (Wildman–Crippen LogP) is 3.19. The third kappa shape index (κ3) is 5.80. The van der Waals surface area contributed by atoms with Crippen molar-refractivity contribution >= 4 is 49.9 Å². The van der Waals surface area contributed by atoms with Crippen LogP contribution < -0.4 is 15.5 Å². The molecule has 0 spiro atoms. The van der Waals surface area contributed by atoms with Crippen LogP contribution in [0.4, 0.5) is 0 Å². The summed E-state index contributed by atoms with van der Waals surface area (Å²) in [6.45, 7) is 1.56. The number of methoxy groups -OCH3 is 1. The molecular formula is C18H17Br2N3O4. The van der Waals surface area contributed by atoms with Crippen LogP contribution in [0.2, 0.25) is 0 Å². The van der Waals surface area contributed by atoms with Crippen molar-refractivity contribution in [3.05, 3.63) is 56.5 Å². The van der Waals surface area contributed by atoms with Crippen molar-refractivity contribution in [3.63, 3.8) is 0 Å². The van der Waals surface area contributed by atoms with Gasteiger partial charge in [-0.2, -0.15) is 5.10 Å². The summed E-state index contributed by atoms with van der Waals surface area (Å²) < 4.78 is 6.02. The fourth-order valence-corrected chi connectivity index (χ4v) is 3.24. The number of hydrogen-bond acceptors (Lipinski definition) is 5. The fourth-order valence-electron chi connectivity index (χ4n) is 2.01. The Bertz CT molecular complexity index is 846. The first-order valence-electron chi connectivity index (χ1n) is 7.77. The van der Waals surface area contributed by atoms with Gasteiger partial charge in [0.2, 0.25) is 0 Å². The largest absolute Gasteiger partial charge is 0.506 e. The maximum absolute atomic E-state index is 12.2. The second kappa shape index (κ2) is 9.52. The number of nitrogens with one attached hydrogen (secondary N) is 2. The number of hydrazone groups is 1. The number of halogens is 2. The van der Waals surface area contributed by atoms with Crippen molar-refractivity contribution in [1.29, 1.82) is 0 Å². The van der Waals surface area contributed by atoms with Gasteiger partial charge in [-0.25, -0.2) is 5.43 Å². The van der Waals surface area contributed by atoms with Crippen LogP contribution in [-0.2, 0) is 4.79 Å². The zero-order chi connectivity index (χ0) is 20.0. The van der Waals surface area contributed by atoms with E-state index in [4.69, 9.17) is 4.74 Å². The van der Waals surface area contributed by atoms with Gasteiger partial charge in [0.05, 0.1) is 22.3 Å². The summed E-state index contributed by atoms with van der Waals surface area (Å²) in [5.74, 6) is -0.133. The summed E-state index contributed by atoms with van der Waals surface area (Å²) in [5, 5.41) is 16.1. The number of phenols is 1. The average Bonchev–Trinajstić information content (AvgIpc) is 2.65. The molecule has 1 atom stereocenters. The Morgan fingerprint density at radius 2 is 1.78 bits per heavy atom. The van der Waals surface area contributed by atoms with Crippen molar-refractivity contribution < 1.29 is 19.4 Å². The normalized spacial score (nSPS) is 11.9. The van der Waals surface area contributed by atoms with Crippen LogP contribution in [0, 0.1) is 0 Å². The summed E-state index contributed by atoms with van der Waals surface area (Å²) in [5.41, 5.74) is 3.43. The average molecular weight is 499 g/mol. The standard InChI is InChI=1S/C18H17Br2N3O4/c1-10(22-18(26)12-3-5-13(27-2)6-4-12)17(25)23-21-9-11-7-14(19)16(24)15(20)8-11/h3-10,24H,1-2H3,(H,22,26)(H,23,25). The number of carbonyl (C=O) groups is 2. The van der Waals surface area contributed by atoms with Crippen molar-refractivity contribution in [2.75, 3.05) is 7.11 Å². The van der Waals surface area contributed by atoms with E-state index in [-0.39, 0.29) is 11.7 Å². The number of hydrogen-bond donors (Lipinski definition) is 3. The molecular weight excluding hydrogens is 482 g/mol. The lowest BCUT2D eigenvalue weighted by molar-refractivity contribution is -0.122. The minimum Gasteiger partial charge on any atom is -0.506 e. The first-order chi connectivity index (χ1) is 12.8. The maximum Gasteiger partial charge on any atom is 0.262 e. The summed E-state index contributed by atoms with van der Waals surface area (Å²) in [4.78, 5) is 24.2. The topological polar surface area (TPSA) is 100 Å². The minimum absolute atomic E-state index is 0.0750. The highest BCUT2D eigenvalue weighted by molar-refractivity contribution is 9.11. The Balaban J connectivity index is 1.92. The van der Waals surface area contributed by atoms with Gasteiger partial charge in [0.1, 0.15) is 17.5 Å². The van der Waals surface area contributed by atoms with Gasteiger partial charge in [-0.3, -0.25) is 9.59 Å². The second-order valence-corrected chi connectivity index (χ2v) is 7.20. The summed E-state index contributed by atoms with van der Waals surface area (Å²) in [6.07, 6.45) is 1.42. The number of nitrogens with zero attached hydrogens (tertiary/aromatic N) is 1. The molecule has 142 valence electrons. The minimum atomic E-state index is -0.782. The molecule has 2 rings (SSSR count). The molecule has 0 saturated carbocycles. The molecule has 2 amide bonds. The second-order valence-electron chi connectivity index (χ2n) is 5.49. The van der Waals surface area contributed by atoms with Crippen LogP contribution >= 0.6 is 31.9 Å². The highest BCUT2D eigenvalue weighted by atomic mass is 79.9. The molecule has 0 saturated heterocycles. The molecule has 0 heterocycles. The third-order valence-corrected chi connectivity index (χ3v) is 4.73. The van der Waals surface area contributed by atoms with Crippen LogP contribution in [0.3, 0.4) is 0 Å². The molecule has 0 fully saturated rings. The van der Waals surface area contributed by atoms with Gasteiger partial charge in [0.25, 0.3) is 11.8 Å². The lowest BCUT2D eigenvalue weighted by Crippen LogP contribution is -2.43. The van der Waals surface area contributed by atoms with Gasteiger partial charge < -0.3 is 15.2 Å².